The Balaban J connectivity index is 1.43. The number of rotatable bonds is 4. The van der Waals surface area contributed by atoms with Crippen LogP contribution in [0.25, 0.3) is 0 Å². The third-order valence-electron chi connectivity index (χ3n) is 4.74. The van der Waals surface area contributed by atoms with E-state index >= 15 is 0 Å². The lowest BCUT2D eigenvalue weighted by atomic mass is 9.96. The molecule has 0 radical (unpaired) electrons. The predicted octanol–water partition coefficient (Wildman–Crippen LogP) is 3.41. The molecule has 2 aromatic rings. The lowest BCUT2D eigenvalue weighted by Crippen LogP contribution is -2.36. The zero-order chi connectivity index (χ0) is 17.1. The van der Waals surface area contributed by atoms with Crippen LogP contribution in [0.4, 0.5) is 5.69 Å². The van der Waals surface area contributed by atoms with Gasteiger partial charge in [0.25, 0.3) is 0 Å². The first kappa shape index (κ1) is 16.9. The zero-order valence-corrected chi connectivity index (χ0v) is 15.6. The maximum atomic E-state index is 12.8. The van der Waals surface area contributed by atoms with Crippen LogP contribution < -0.4 is 4.90 Å². The molecule has 2 heterocycles. The molecule has 0 unspecified atom stereocenters. The van der Waals surface area contributed by atoms with Crippen molar-refractivity contribution >= 4 is 35.1 Å². The first-order valence-electron chi connectivity index (χ1n) is 8.76. The van der Waals surface area contributed by atoms with E-state index in [1.54, 1.807) is 0 Å². The van der Waals surface area contributed by atoms with Gasteiger partial charge in [0.15, 0.2) is 0 Å². The number of tetrazole rings is 1. The van der Waals surface area contributed by atoms with Gasteiger partial charge in [0, 0.05) is 17.2 Å². The van der Waals surface area contributed by atoms with E-state index in [9.17, 15) is 4.79 Å². The van der Waals surface area contributed by atoms with E-state index in [0.29, 0.717) is 11.8 Å². The van der Waals surface area contributed by atoms with E-state index < -0.39 is 0 Å². The van der Waals surface area contributed by atoms with Gasteiger partial charge in [-0.3, -0.25) is 4.79 Å². The van der Waals surface area contributed by atoms with Gasteiger partial charge < -0.3 is 4.90 Å². The molecule has 6 nitrogen and oxygen atoms in total. The SMILES string of the molecule is O=C(CSc1nnnn1C1CCCCC1)N1CCSc2ccccc21. The highest BCUT2D eigenvalue weighted by Gasteiger charge is 2.25. The molecule has 4 rings (SSSR count). The number of carbonyl (C=O) groups excluding carboxylic acids is 1. The Morgan fingerprint density at radius 3 is 2.96 bits per heavy atom. The van der Waals surface area contributed by atoms with Gasteiger partial charge in [0.1, 0.15) is 0 Å². The van der Waals surface area contributed by atoms with E-state index in [1.165, 1.54) is 35.9 Å². The molecule has 8 heteroatoms. The number of anilines is 1. The number of aromatic nitrogens is 4. The Morgan fingerprint density at radius 2 is 2.08 bits per heavy atom. The molecule has 0 N–H and O–H groups in total. The van der Waals surface area contributed by atoms with Crippen LogP contribution >= 0.6 is 23.5 Å². The number of fused-ring (bicyclic) bond motifs is 1. The molecular formula is C17H21N5OS2. The van der Waals surface area contributed by atoms with E-state index in [4.69, 9.17) is 0 Å². The summed E-state index contributed by atoms with van der Waals surface area (Å²) in [5, 5.41) is 12.9. The van der Waals surface area contributed by atoms with Crippen LogP contribution in [0.15, 0.2) is 34.3 Å². The minimum atomic E-state index is 0.121. The topological polar surface area (TPSA) is 63.9 Å². The van der Waals surface area contributed by atoms with Crippen LogP contribution in [0.3, 0.4) is 0 Å². The highest BCUT2D eigenvalue weighted by molar-refractivity contribution is 8.00. The first-order valence-corrected chi connectivity index (χ1v) is 10.7. The van der Waals surface area contributed by atoms with Gasteiger partial charge in [0.2, 0.25) is 11.1 Å². The number of benzene rings is 1. The molecule has 1 aromatic carbocycles. The normalized spacial score (nSPS) is 18.2. The number of hydrogen-bond donors (Lipinski definition) is 0. The monoisotopic (exact) mass is 375 g/mol. The quantitative estimate of drug-likeness (QED) is 0.763. The number of nitrogens with zero attached hydrogens (tertiary/aromatic N) is 5. The Bertz CT molecular complexity index is 744. The number of carbonyl (C=O) groups is 1. The summed E-state index contributed by atoms with van der Waals surface area (Å²) in [6.07, 6.45) is 6.02. The molecule has 1 aromatic heterocycles. The van der Waals surface area contributed by atoms with E-state index in [1.807, 2.05) is 39.5 Å². The number of hydrogen-bond acceptors (Lipinski definition) is 6. The molecule has 1 fully saturated rings. The molecule has 1 amide bonds. The third-order valence-corrected chi connectivity index (χ3v) is 6.70. The molecule has 25 heavy (non-hydrogen) atoms. The van der Waals surface area contributed by atoms with Gasteiger partial charge in [-0.25, -0.2) is 4.68 Å². The maximum Gasteiger partial charge on any atom is 0.237 e. The average molecular weight is 376 g/mol. The largest absolute Gasteiger partial charge is 0.310 e. The van der Waals surface area contributed by atoms with Crippen molar-refractivity contribution in [2.24, 2.45) is 0 Å². The second-order valence-electron chi connectivity index (χ2n) is 6.35. The van der Waals surface area contributed by atoms with Crippen molar-refractivity contribution in [2.75, 3.05) is 23.0 Å². The highest BCUT2D eigenvalue weighted by Crippen LogP contribution is 2.35. The first-order chi connectivity index (χ1) is 12.3. The van der Waals surface area contributed by atoms with Gasteiger partial charge in [-0.05, 0) is 35.4 Å². The Hall–Kier alpha value is -1.54. The fourth-order valence-electron chi connectivity index (χ4n) is 3.47. The molecule has 0 bridgehead atoms. The van der Waals surface area contributed by atoms with Crippen molar-refractivity contribution in [1.29, 1.82) is 0 Å². The zero-order valence-electron chi connectivity index (χ0n) is 14.0. The summed E-state index contributed by atoms with van der Waals surface area (Å²) >= 11 is 3.26. The van der Waals surface area contributed by atoms with Crippen LogP contribution in [-0.4, -0.2) is 44.2 Å². The van der Waals surface area contributed by atoms with Crippen molar-refractivity contribution < 1.29 is 4.79 Å². The molecule has 132 valence electrons. The minimum absolute atomic E-state index is 0.121. The molecule has 0 atom stereocenters. The molecular weight excluding hydrogens is 354 g/mol. The van der Waals surface area contributed by atoms with Crippen LogP contribution in [0.5, 0.6) is 0 Å². The van der Waals surface area contributed by atoms with Crippen molar-refractivity contribution in [3.8, 4) is 0 Å². The average Bonchev–Trinajstić information content (AvgIpc) is 3.15. The summed E-state index contributed by atoms with van der Waals surface area (Å²) < 4.78 is 1.93. The van der Waals surface area contributed by atoms with Crippen molar-refractivity contribution in [1.82, 2.24) is 20.2 Å². The molecule has 1 aliphatic carbocycles. The Kier molecular flexibility index (Phi) is 5.26. The van der Waals surface area contributed by atoms with Crippen LogP contribution in [0.2, 0.25) is 0 Å². The maximum absolute atomic E-state index is 12.8. The summed E-state index contributed by atoms with van der Waals surface area (Å²) in [4.78, 5) is 15.8. The predicted molar refractivity (Wildman–Crippen MR) is 100 cm³/mol. The summed E-state index contributed by atoms with van der Waals surface area (Å²) in [5.41, 5.74) is 1.02. The number of amides is 1. The number of thioether (sulfide) groups is 2. The number of para-hydroxylation sites is 1. The third kappa shape index (κ3) is 3.69. The van der Waals surface area contributed by atoms with Gasteiger partial charge in [0.05, 0.1) is 17.5 Å². The fourth-order valence-corrected chi connectivity index (χ4v) is 5.28. The molecule has 1 saturated carbocycles. The summed E-state index contributed by atoms with van der Waals surface area (Å²) in [7, 11) is 0. The van der Waals surface area contributed by atoms with Crippen molar-refractivity contribution in [3.63, 3.8) is 0 Å². The second-order valence-corrected chi connectivity index (χ2v) is 8.43. The van der Waals surface area contributed by atoms with Crippen LogP contribution in [0, 0.1) is 0 Å². The molecule has 1 aliphatic heterocycles. The Labute approximate surface area is 155 Å². The van der Waals surface area contributed by atoms with Crippen molar-refractivity contribution in [3.05, 3.63) is 24.3 Å². The van der Waals surface area contributed by atoms with E-state index in [-0.39, 0.29) is 5.91 Å². The summed E-state index contributed by atoms with van der Waals surface area (Å²) in [6.45, 7) is 0.759. The molecule has 0 saturated heterocycles. The van der Waals surface area contributed by atoms with E-state index in [0.717, 1.165) is 36.0 Å². The van der Waals surface area contributed by atoms with Gasteiger partial charge in [-0.2, -0.15) is 0 Å². The fraction of sp³-hybridized carbons (Fsp3) is 0.529. The highest BCUT2D eigenvalue weighted by atomic mass is 32.2. The lowest BCUT2D eigenvalue weighted by molar-refractivity contribution is -0.116. The Morgan fingerprint density at radius 1 is 1.24 bits per heavy atom. The van der Waals surface area contributed by atoms with Gasteiger partial charge in [-0.15, -0.1) is 16.9 Å². The minimum Gasteiger partial charge on any atom is -0.310 e. The smallest absolute Gasteiger partial charge is 0.237 e. The van der Waals surface area contributed by atoms with Gasteiger partial charge in [-0.1, -0.05) is 43.2 Å². The van der Waals surface area contributed by atoms with Crippen molar-refractivity contribution in [2.45, 2.75) is 48.2 Å². The van der Waals surface area contributed by atoms with E-state index in [2.05, 4.69) is 21.6 Å². The van der Waals surface area contributed by atoms with Crippen LogP contribution in [0.1, 0.15) is 38.1 Å². The lowest BCUT2D eigenvalue weighted by Gasteiger charge is -2.29. The standard InChI is InChI=1S/C17H21N5OS2/c23-16(21-10-11-24-15-9-5-4-8-14(15)21)12-25-17-18-19-20-22(17)13-6-2-1-3-7-13/h4-5,8-9,13H,1-3,6-7,10-12H2. The molecule has 0 spiro atoms. The molecule has 2 aliphatic rings. The summed E-state index contributed by atoms with van der Waals surface area (Å²) in [6, 6.07) is 8.49. The van der Waals surface area contributed by atoms with Crippen LogP contribution in [-0.2, 0) is 4.79 Å². The second kappa shape index (κ2) is 7.78. The summed E-state index contributed by atoms with van der Waals surface area (Å²) in [5.74, 6) is 1.43. The van der Waals surface area contributed by atoms with Gasteiger partial charge >= 0.3 is 0 Å².